The minimum atomic E-state index is -0.330. The van der Waals surface area contributed by atoms with Gasteiger partial charge in [0.25, 0.3) is 5.91 Å². The summed E-state index contributed by atoms with van der Waals surface area (Å²) in [5.41, 5.74) is 4.54. The predicted octanol–water partition coefficient (Wildman–Crippen LogP) is 2.87. The second-order valence-electron chi connectivity index (χ2n) is 4.94. The second kappa shape index (κ2) is 8.01. The molecule has 2 aromatic rings. The molecule has 0 spiro atoms. The summed E-state index contributed by atoms with van der Waals surface area (Å²) in [6.45, 7) is 1.82. The second-order valence-corrected chi connectivity index (χ2v) is 4.94. The summed E-state index contributed by atoms with van der Waals surface area (Å²) >= 11 is 0. The number of hydrogen-bond acceptors (Lipinski definition) is 5. The first-order valence-corrected chi connectivity index (χ1v) is 7.30. The van der Waals surface area contributed by atoms with Gasteiger partial charge in [0.1, 0.15) is 5.75 Å². The van der Waals surface area contributed by atoms with Gasteiger partial charge in [0.05, 0.1) is 27.0 Å². The fourth-order valence-corrected chi connectivity index (χ4v) is 2.07. The molecule has 126 valence electrons. The molecule has 0 saturated heterocycles. The van der Waals surface area contributed by atoms with Crippen LogP contribution in [0.15, 0.2) is 47.6 Å². The van der Waals surface area contributed by atoms with Gasteiger partial charge < -0.3 is 14.2 Å². The molecule has 0 saturated carbocycles. The van der Waals surface area contributed by atoms with Crippen LogP contribution in [0.25, 0.3) is 0 Å². The van der Waals surface area contributed by atoms with E-state index in [1.165, 1.54) is 7.11 Å². The topological polar surface area (TPSA) is 69.2 Å². The van der Waals surface area contributed by atoms with Crippen molar-refractivity contribution in [3.63, 3.8) is 0 Å². The molecule has 0 atom stereocenters. The van der Waals surface area contributed by atoms with Gasteiger partial charge in [0.2, 0.25) is 0 Å². The van der Waals surface area contributed by atoms with Gasteiger partial charge in [0, 0.05) is 5.56 Å². The van der Waals surface area contributed by atoms with Crippen molar-refractivity contribution in [2.75, 3.05) is 21.3 Å². The number of amides is 1. The Hall–Kier alpha value is -3.02. The van der Waals surface area contributed by atoms with Crippen molar-refractivity contribution in [1.82, 2.24) is 5.43 Å². The van der Waals surface area contributed by atoms with Crippen molar-refractivity contribution < 1.29 is 19.0 Å². The van der Waals surface area contributed by atoms with E-state index >= 15 is 0 Å². The van der Waals surface area contributed by atoms with Crippen LogP contribution >= 0.6 is 0 Å². The quantitative estimate of drug-likeness (QED) is 0.654. The SMILES string of the molecule is COc1ccc(/C(C)=N/NC(=O)c2ccc(OC)c(OC)c2)cc1. The maximum Gasteiger partial charge on any atom is 0.271 e. The Balaban J connectivity index is 2.10. The van der Waals surface area contributed by atoms with Crippen LogP contribution in [0, 0.1) is 0 Å². The summed E-state index contributed by atoms with van der Waals surface area (Å²) in [7, 11) is 4.67. The number of nitrogens with one attached hydrogen (secondary N) is 1. The molecule has 1 amide bonds. The molecule has 0 fully saturated rings. The lowest BCUT2D eigenvalue weighted by Crippen LogP contribution is -2.19. The van der Waals surface area contributed by atoms with Crippen molar-refractivity contribution >= 4 is 11.6 Å². The van der Waals surface area contributed by atoms with Crippen molar-refractivity contribution in [3.8, 4) is 17.2 Å². The number of benzene rings is 2. The Kier molecular flexibility index (Phi) is 5.78. The average molecular weight is 328 g/mol. The van der Waals surface area contributed by atoms with Crippen molar-refractivity contribution in [2.45, 2.75) is 6.92 Å². The van der Waals surface area contributed by atoms with E-state index in [9.17, 15) is 4.79 Å². The first kappa shape index (κ1) is 17.3. The molecule has 0 unspecified atom stereocenters. The van der Waals surface area contributed by atoms with Gasteiger partial charge in [-0.05, 0) is 55.0 Å². The molecule has 0 heterocycles. The molecule has 24 heavy (non-hydrogen) atoms. The molecule has 0 radical (unpaired) electrons. The van der Waals surface area contributed by atoms with Crippen molar-refractivity contribution in [3.05, 3.63) is 53.6 Å². The molecule has 0 aromatic heterocycles. The third-order valence-corrected chi connectivity index (χ3v) is 3.48. The zero-order chi connectivity index (χ0) is 17.5. The van der Waals surface area contributed by atoms with E-state index < -0.39 is 0 Å². The lowest BCUT2D eigenvalue weighted by Gasteiger charge is -2.09. The Morgan fingerprint density at radius 1 is 0.875 bits per heavy atom. The summed E-state index contributed by atoms with van der Waals surface area (Å²) < 4.78 is 15.5. The minimum absolute atomic E-state index is 0.330. The van der Waals surface area contributed by atoms with Gasteiger partial charge in [0.15, 0.2) is 11.5 Å². The Morgan fingerprint density at radius 3 is 2.08 bits per heavy atom. The van der Waals surface area contributed by atoms with E-state index in [0.717, 1.165) is 11.3 Å². The highest BCUT2D eigenvalue weighted by Crippen LogP contribution is 2.27. The molecule has 1 N–H and O–H groups in total. The van der Waals surface area contributed by atoms with Gasteiger partial charge in [-0.1, -0.05) is 0 Å². The Morgan fingerprint density at radius 2 is 1.50 bits per heavy atom. The Labute approximate surface area is 141 Å². The number of nitrogens with zero attached hydrogens (tertiary/aromatic N) is 1. The van der Waals surface area contributed by atoms with Crippen molar-refractivity contribution in [1.29, 1.82) is 0 Å². The van der Waals surface area contributed by atoms with Gasteiger partial charge in [-0.15, -0.1) is 0 Å². The summed E-state index contributed by atoms with van der Waals surface area (Å²) in [4.78, 5) is 12.2. The monoisotopic (exact) mass is 328 g/mol. The van der Waals surface area contributed by atoms with E-state index in [1.807, 2.05) is 31.2 Å². The summed E-state index contributed by atoms with van der Waals surface area (Å²) in [5, 5.41) is 4.13. The molecule has 6 heteroatoms. The van der Waals surface area contributed by atoms with Gasteiger partial charge in [-0.3, -0.25) is 4.79 Å². The van der Waals surface area contributed by atoms with Gasteiger partial charge >= 0.3 is 0 Å². The number of ether oxygens (including phenoxy) is 3. The Bertz CT molecular complexity index is 739. The normalized spacial score (nSPS) is 10.9. The van der Waals surface area contributed by atoms with Gasteiger partial charge in [-0.2, -0.15) is 5.10 Å². The number of hydrogen-bond donors (Lipinski definition) is 1. The molecule has 2 aromatic carbocycles. The molecule has 2 rings (SSSR count). The van der Waals surface area contributed by atoms with Crippen molar-refractivity contribution in [2.24, 2.45) is 5.10 Å². The standard InChI is InChI=1S/C18H20N2O4/c1-12(13-5-8-15(22-2)9-6-13)19-20-18(21)14-7-10-16(23-3)17(11-14)24-4/h5-11H,1-4H3,(H,20,21)/b19-12+. The average Bonchev–Trinajstić information content (AvgIpc) is 2.65. The van der Waals surface area contributed by atoms with Gasteiger partial charge in [-0.25, -0.2) is 5.43 Å². The lowest BCUT2D eigenvalue weighted by atomic mass is 10.1. The molecular formula is C18H20N2O4. The number of carbonyl (C=O) groups excluding carboxylic acids is 1. The third-order valence-electron chi connectivity index (χ3n) is 3.48. The highest BCUT2D eigenvalue weighted by Gasteiger charge is 2.10. The smallest absolute Gasteiger partial charge is 0.271 e. The van der Waals surface area contributed by atoms with Crippen LogP contribution < -0.4 is 19.6 Å². The number of rotatable bonds is 6. The summed E-state index contributed by atoms with van der Waals surface area (Å²) in [6, 6.07) is 12.4. The molecule has 0 aliphatic heterocycles. The molecule has 0 aliphatic carbocycles. The van der Waals surface area contributed by atoms with Crippen LogP contribution in [-0.2, 0) is 0 Å². The molecule has 6 nitrogen and oxygen atoms in total. The highest BCUT2D eigenvalue weighted by molar-refractivity contribution is 6.01. The largest absolute Gasteiger partial charge is 0.497 e. The van der Waals surface area contributed by atoms with Crippen LogP contribution in [0.1, 0.15) is 22.8 Å². The first-order valence-electron chi connectivity index (χ1n) is 7.30. The summed E-state index contributed by atoms with van der Waals surface area (Å²) in [5.74, 6) is 1.48. The lowest BCUT2D eigenvalue weighted by molar-refractivity contribution is 0.0954. The van der Waals surface area contributed by atoms with Crippen LogP contribution in [-0.4, -0.2) is 32.9 Å². The van der Waals surface area contributed by atoms with Crippen LogP contribution in [0.3, 0.4) is 0 Å². The predicted molar refractivity (Wildman–Crippen MR) is 92.2 cm³/mol. The fourth-order valence-electron chi connectivity index (χ4n) is 2.07. The number of methoxy groups -OCH3 is 3. The minimum Gasteiger partial charge on any atom is -0.497 e. The maximum atomic E-state index is 12.2. The fraction of sp³-hybridized carbons (Fsp3) is 0.222. The van der Waals surface area contributed by atoms with E-state index in [2.05, 4.69) is 10.5 Å². The zero-order valence-electron chi connectivity index (χ0n) is 14.1. The van der Waals surface area contributed by atoms with E-state index in [1.54, 1.807) is 32.4 Å². The number of hydrazone groups is 1. The molecular weight excluding hydrogens is 308 g/mol. The first-order chi connectivity index (χ1) is 11.6. The van der Waals surface area contributed by atoms with Crippen LogP contribution in [0.2, 0.25) is 0 Å². The third kappa shape index (κ3) is 4.04. The molecule has 0 bridgehead atoms. The zero-order valence-corrected chi connectivity index (χ0v) is 14.1. The van der Waals surface area contributed by atoms with E-state index in [0.29, 0.717) is 22.8 Å². The van der Waals surface area contributed by atoms with Crippen LogP contribution in [0.5, 0.6) is 17.2 Å². The van der Waals surface area contributed by atoms with E-state index in [-0.39, 0.29) is 5.91 Å². The maximum absolute atomic E-state index is 12.2. The van der Waals surface area contributed by atoms with Crippen LogP contribution in [0.4, 0.5) is 0 Å². The van der Waals surface area contributed by atoms with E-state index in [4.69, 9.17) is 14.2 Å². The summed E-state index contributed by atoms with van der Waals surface area (Å²) in [6.07, 6.45) is 0. The molecule has 0 aliphatic rings. The highest BCUT2D eigenvalue weighted by atomic mass is 16.5. The number of carbonyl (C=O) groups is 1.